The van der Waals surface area contributed by atoms with Crippen molar-refractivity contribution >= 4 is 23.2 Å². The number of hydrogen-bond donors (Lipinski definition) is 0. The molecule has 4 rings (SSSR count). The second kappa shape index (κ2) is 8.84. The van der Waals surface area contributed by atoms with E-state index in [0.717, 1.165) is 49.0 Å². The van der Waals surface area contributed by atoms with Crippen LogP contribution in [0.5, 0.6) is 5.75 Å². The maximum atomic E-state index is 12.8. The molecule has 2 fully saturated rings. The minimum Gasteiger partial charge on any atom is -0.491 e. The summed E-state index contributed by atoms with van der Waals surface area (Å²) in [5, 5.41) is 0.734. The lowest BCUT2D eigenvalue weighted by Crippen LogP contribution is -2.48. The molecule has 0 spiro atoms. The molecule has 2 saturated heterocycles. The summed E-state index contributed by atoms with van der Waals surface area (Å²) in [6.45, 7) is 4.39. The van der Waals surface area contributed by atoms with Crippen LogP contribution in [-0.2, 0) is 4.74 Å². The average molecular weight is 401 g/mol. The monoisotopic (exact) mass is 400 g/mol. The molecule has 28 heavy (non-hydrogen) atoms. The molecule has 2 aliphatic rings. The summed E-state index contributed by atoms with van der Waals surface area (Å²) in [6, 6.07) is 15.3. The molecule has 2 aromatic carbocycles. The molecule has 2 aliphatic heterocycles. The maximum Gasteiger partial charge on any atom is 0.253 e. The van der Waals surface area contributed by atoms with Crippen molar-refractivity contribution in [3.8, 4) is 5.75 Å². The minimum absolute atomic E-state index is 0.0661. The fourth-order valence-corrected chi connectivity index (χ4v) is 3.87. The van der Waals surface area contributed by atoms with Crippen molar-refractivity contribution in [2.45, 2.75) is 18.9 Å². The van der Waals surface area contributed by atoms with Crippen molar-refractivity contribution in [1.29, 1.82) is 0 Å². The van der Waals surface area contributed by atoms with Gasteiger partial charge in [-0.2, -0.15) is 0 Å². The highest BCUT2D eigenvalue weighted by molar-refractivity contribution is 6.30. The van der Waals surface area contributed by atoms with Gasteiger partial charge in [0.2, 0.25) is 0 Å². The molecule has 5 nitrogen and oxygen atoms in total. The number of carbonyl (C=O) groups excluding carboxylic acids is 1. The van der Waals surface area contributed by atoms with E-state index in [2.05, 4.69) is 11.0 Å². The van der Waals surface area contributed by atoms with Crippen molar-refractivity contribution in [3.63, 3.8) is 0 Å². The van der Waals surface area contributed by atoms with E-state index in [9.17, 15) is 4.79 Å². The number of rotatable bonds is 5. The number of piperazine rings is 1. The summed E-state index contributed by atoms with van der Waals surface area (Å²) < 4.78 is 11.3. The topological polar surface area (TPSA) is 42.0 Å². The standard InChI is InChI=1S/C22H25ClN2O3/c23-18-3-1-4-19(15-18)24-10-12-25(13-11-24)22(26)17-6-8-20(9-7-17)28-16-21-5-2-14-27-21/h1,3-4,6-9,15,21H,2,5,10-14,16H2/t21-/m0/s1. The number of ether oxygens (including phenoxy) is 2. The highest BCUT2D eigenvalue weighted by atomic mass is 35.5. The second-order valence-electron chi connectivity index (χ2n) is 7.23. The van der Waals surface area contributed by atoms with Gasteiger partial charge in [-0.05, 0) is 55.3 Å². The van der Waals surface area contributed by atoms with Crippen LogP contribution in [0.1, 0.15) is 23.2 Å². The molecule has 2 aromatic rings. The summed E-state index contributed by atoms with van der Waals surface area (Å²) in [5.41, 5.74) is 1.80. The van der Waals surface area contributed by atoms with Gasteiger partial charge in [-0.25, -0.2) is 0 Å². The van der Waals surface area contributed by atoms with Gasteiger partial charge >= 0.3 is 0 Å². The Kier molecular flexibility index (Phi) is 6.03. The average Bonchev–Trinajstić information content (AvgIpc) is 3.26. The smallest absolute Gasteiger partial charge is 0.253 e. The quantitative estimate of drug-likeness (QED) is 0.764. The molecule has 2 heterocycles. The number of halogens is 1. The molecular formula is C22H25ClN2O3. The molecule has 1 amide bonds. The molecule has 148 valence electrons. The number of nitrogens with zero attached hydrogens (tertiary/aromatic N) is 2. The van der Waals surface area contributed by atoms with Gasteiger partial charge in [0.25, 0.3) is 5.91 Å². The van der Waals surface area contributed by atoms with Crippen molar-refractivity contribution < 1.29 is 14.3 Å². The van der Waals surface area contributed by atoms with E-state index in [0.29, 0.717) is 25.3 Å². The molecular weight excluding hydrogens is 376 g/mol. The van der Waals surface area contributed by atoms with Gasteiger partial charge in [0, 0.05) is 49.1 Å². The third-order valence-corrected chi connectivity index (χ3v) is 5.54. The van der Waals surface area contributed by atoms with Crippen molar-refractivity contribution in [2.75, 3.05) is 44.3 Å². The lowest BCUT2D eigenvalue weighted by molar-refractivity contribution is 0.0678. The van der Waals surface area contributed by atoms with Crippen LogP contribution in [0.4, 0.5) is 5.69 Å². The van der Waals surface area contributed by atoms with Gasteiger partial charge in [0.1, 0.15) is 12.4 Å². The molecule has 0 radical (unpaired) electrons. The van der Waals surface area contributed by atoms with E-state index in [-0.39, 0.29) is 12.0 Å². The fraction of sp³-hybridized carbons (Fsp3) is 0.409. The van der Waals surface area contributed by atoms with E-state index < -0.39 is 0 Å². The van der Waals surface area contributed by atoms with E-state index in [1.807, 2.05) is 47.4 Å². The molecule has 0 unspecified atom stereocenters. The first-order valence-electron chi connectivity index (χ1n) is 9.83. The lowest BCUT2D eigenvalue weighted by Gasteiger charge is -2.36. The molecule has 1 atom stereocenters. The second-order valence-corrected chi connectivity index (χ2v) is 7.67. The molecule has 0 aromatic heterocycles. The van der Waals surface area contributed by atoms with E-state index in [4.69, 9.17) is 21.1 Å². The largest absolute Gasteiger partial charge is 0.491 e. The highest BCUT2D eigenvalue weighted by Crippen LogP contribution is 2.22. The van der Waals surface area contributed by atoms with Gasteiger partial charge in [-0.1, -0.05) is 17.7 Å². The molecule has 6 heteroatoms. The zero-order valence-electron chi connectivity index (χ0n) is 15.9. The first-order chi connectivity index (χ1) is 13.7. The summed E-state index contributed by atoms with van der Waals surface area (Å²) in [6.07, 6.45) is 2.35. The van der Waals surface area contributed by atoms with Gasteiger partial charge in [-0.15, -0.1) is 0 Å². The molecule has 0 bridgehead atoms. The Morgan fingerprint density at radius 3 is 2.57 bits per heavy atom. The van der Waals surface area contributed by atoms with Crippen LogP contribution in [-0.4, -0.2) is 56.3 Å². The fourth-order valence-electron chi connectivity index (χ4n) is 3.68. The Morgan fingerprint density at radius 1 is 1.11 bits per heavy atom. The van der Waals surface area contributed by atoms with E-state index in [1.54, 1.807) is 0 Å². The first kappa shape index (κ1) is 19.1. The van der Waals surface area contributed by atoms with Gasteiger partial charge in [-0.3, -0.25) is 4.79 Å². The summed E-state index contributed by atoms with van der Waals surface area (Å²) in [4.78, 5) is 17.0. The maximum absolute atomic E-state index is 12.8. The van der Waals surface area contributed by atoms with Crippen molar-refractivity contribution in [2.24, 2.45) is 0 Å². The predicted molar refractivity (Wildman–Crippen MR) is 110 cm³/mol. The Bertz CT molecular complexity index is 798. The normalized spacial score (nSPS) is 19.7. The van der Waals surface area contributed by atoms with Crippen LogP contribution in [0.3, 0.4) is 0 Å². The summed E-state index contributed by atoms with van der Waals surface area (Å²) >= 11 is 6.09. The number of carbonyl (C=O) groups is 1. The molecule has 0 N–H and O–H groups in total. The van der Waals surface area contributed by atoms with Crippen LogP contribution in [0, 0.1) is 0 Å². The summed E-state index contributed by atoms with van der Waals surface area (Å²) in [7, 11) is 0. The zero-order valence-corrected chi connectivity index (χ0v) is 16.6. The van der Waals surface area contributed by atoms with E-state index >= 15 is 0 Å². The predicted octanol–water partition coefficient (Wildman–Crippen LogP) is 3.86. The lowest BCUT2D eigenvalue weighted by atomic mass is 10.1. The summed E-state index contributed by atoms with van der Waals surface area (Å²) in [5.74, 6) is 0.842. The van der Waals surface area contributed by atoms with Gasteiger partial charge < -0.3 is 19.3 Å². The Labute approximate surface area is 170 Å². The first-order valence-corrected chi connectivity index (χ1v) is 10.2. The highest BCUT2D eigenvalue weighted by Gasteiger charge is 2.22. The van der Waals surface area contributed by atoms with Crippen LogP contribution in [0.2, 0.25) is 5.02 Å². The minimum atomic E-state index is 0.0661. The third kappa shape index (κ3) is 4.59. The number of anilines is 1. The number of amides is 1. The Morgan fingerprint density at radius 2 is 1.89 bits per heavy atom. The van der Waals surface area contributed by atoms with Gasteiger partial charge in [0.05, 0.1) is 6.10 Å². The van der Waals surface area contributed by atoms with Crippen LogP contribution >= 0.6 is 11.6 Å². The number of hydrogen-bond acceptors (Lipinski definition) is 4. The SMILES string of the molecule is O=C(c1ccc(OC[C@@H]2CCCO2)cc1)N1CCN(c2cccc(Cl)c2)CC1. The van der Waals surface area contributed by atoms with Gasteiger partial charge in [0.15, 0.2) is 0 Å². The Balaban J connectivity index is 1.29. The van der Waals surface area contributed by atoms with Crippen LogP contribution in [0.25, 0.3) is 0 Å². The molecule has 0 aliphatic carbocycles. The van der Waals surface area contributed by atoms with E-state index in [1.165, 1.54) is 0 Å². The van der Waals surface area contributed by atoms with Crippen molar-refractivity contribution in [3.05, 3.63) is 59.1 Å². The Hall–Kier alpha value is -2.24. The zero-order chi connectivity index (χ0) is 19.3. The van der Waals surface area contributed by atoms with Crippen molar-refractivity contribution in [1.82, 2.24) is 4.90 Å². The molecule has 0 saturated carbocycles. The van der Waals surface area contributed by atoms with Crippen LogP contribution < -0.4 is 9.64 Å². The number of benzene rings is 2. The van der Waals surface area contributed by atoms with Crippen LogP contribution in [0.15, 0.2) is 48.5 Å². The third-order valence-electron chi connectivity index (χ3n) is 5.30.